The molecule has 0 atom stereocenters. The highest BCUT2D eigenvalue weighted by Gasteiger charge is 2.13. The minimum absolute atomic E-state index is 0.253. The van der Waals surface area contributed by atoms with Gasteiger partial charge in [0.2, 0.25) is 0 Å². The summed E-state index contributed by atoms with van der Waals surface area (Å²) in [5.41, 5.74) is 5.76. The van der Waals surface area contributed by atoms with Crippen molar-refractivity contribution < 1.29 is 14.3 Å². The maximum atomic E-state index is 12.8. The fourth-order valence-electron chi connectivity index (χ4n) is 3.30. The summed E-state index contributed by atoms with van der Waals surface area (Å²) in [6.45, 7) is 0.747. The largest absolute Gasteiger partial charge is 0.488 e. The van der Waals surface area contributed by atoms with Crippen LogP contribution in [0.3, 0.4) is 0 Å². The van der Waals surface area contributed by atoms with E-state index in [1.165, 1.54) is 0 Å². The predicted molar refractivity (Wildman–Crippen MR) is 160 cm³/mol. The zero-order chi connectivity index (χ0) is 25.3. The van der Waals surface area contributed by atoms with Gasteiger partial charge in [-0.15, -0.1) is 0 Å². The first kappa shape index (κ1) is 26.4. The highest BCUT2D eigenvalue weighted by Crippen LogP contribution is 2.29. The number of nitrogens with one attached hydrogen (secondary N) is 1. The third-order valence-electron chi connectivity index (χ3n) is 5.10. The molecule has 0 saturated carbocycles. The van der Waals surface area contributed by atoms with Crippen molar-refractivity contribution in [3.05, 3.63) is 125 Å². The second kappa shape index (κ2) is 13.1. The Labute approximate surface area is 242 Å². The van der Waals surface area contributed by atoms with Crippen LogP contribution < -0.4 is 14.9 Å². The monoisotopic (exact) mass is 722 g/mol. The van der Waals surface area contributed by atoms with E-state index in [-0.39, 0.29) is 12.5 Å². The van der Waals surface area contributed by atoms with Gasteiger partial charge in [-0.2, -0.15) is 5.10 Å². The van der Waals surface area contributed by atoms with E-state index in [4.69, 9.17) is 21.1 Å². The van der Waals surface area contributed by atoms with E-state index in [0.717, 1.165) is 29.6 Å². The van der Waals surface area contributed by atoms with Crippen molar-refractivity contribution in [2.24, 2.45) is 5.10 Å². The van der Waals surface area contributed by atoms with Crippen LogP contribution in [0.15, 0.2) is 96.1 Å². The number of rotatable bonds is 9. The average Bonchev–Trinajstić information content (AvgIpc) is 2.88. The van der Waals surface area contributed by atoms with Crippen molar-refractivity contribution in [2.75, 3.05) is 0 Å². The molecule has 0 fully saturated rings. The molecular weight excluding hydrogens is 702 g/mol. The van der Waals surface area contributed by atoms with Gasteiger partial charge in [0.25, 0.3) is 5.91 Å². The lowest BCUT2D eigenvalue weighted by Crippen LogP contribution is -2.18. The number of amides is 1. The van der Waals surface area contributed by atoms with Crippen molar-refractivity contribution in [1.82, 2.24) is 5.43 Å². The normalized spacial score (nSPS) is 10.9. The number of halogens is 3. The maximum Gasteiger partial charge on any atom is 0.275 e. The molecule has 0 bridgehead atoms. The molecule has 36 heavy (non-hydrogen) atoms. The Kier molecular flexibility index (Phi) is 9.60. The van der Waals surface area contributed by atoms with Crippen molar-refractivity contribution in [1.29, 1.82) is 0 Å². The minimum atomic E-state index is -0.367. The van der Waals surface area contributed by atoms with Gasteiger partial charge in [-0.1, -0.05) is 72.3 Å². The van der Waals surface area contributed by atoms with Crippen molar-refractivity contribution in [3.8, 4) is 11.5 Å². The molecule has 8 heteroatoms. The van der Waals surface area contributed by atoms with Gasteiger partial charge < -0.3 is 9.47 Å². The number of carbonyl (C=O) groups is 1. The number of benzene rings is 4. The molecule has 0 unspecified atom stereocenters. The zero-order valence-electron chi connectivity index (χ0n) is 19.0. The van der Waals surface area contributed by atoms with Crippen LogP contribution in [-0.2, 0) is 13.2 Å². The van der Waals surface area contributed by atoms with Crippen molar-refractivity contribution >= 4 is 68.9 Å². The summed E-state index contributed by atoms with van der Waals surface area (Å²) >= 11 is 10.7. The highest BCUT2D eigenvalue weighted by atomic mass is 127. The quantitative estimate of drug-likeness (QED) is 0.111. The first-order chi connectivity index (χ1) is 17.5. The van der Waals surface area contributed by atoms with Crippen LogP contribution >= 0.6 is 56.8 Å². The van der Waals surface area contributed by atoms with Crippen LogP contribution in [0.5, 0.6) is 11.5 Å². The number of hydrogen-bond donors (Lipinski definition) is 1. The molecule has 182 valence electrons. The Morgan fingerprint density at radius 2 is 1.53 bits per heavy atom. The Bertz CT molecular complexity index is 1360. The summed E-state index contributed by atoms with van der Waals surface area (Å²) < 4.78 is 13.8. The standard InChI is InChI=1S/C28H21ClI2N2O3/c29-23-12-6-4-10-21(23)18-35-26-13-7-5-11-22(26)28(34)33-32-16-20-14-24(30)27(25(31)15-20)36-17-19-8-2-1-3-9-19/h1-16H,17-18H2,(H,33,34)/b32-16+. The Hall–Kier alpha value is -2.63. The number of hydrazone groups is 1. The van der Waals surface area contributed by atoms with Gasteiger partial charge in [0, 0.05) is 10.6 Å². The molecule has 0 aliphatic carbocycles. The number of nitrogens with zero attached hydrogens (tertiary/aromatic N) is 1. The van der Waals surface area contributed by atoms with Gasteiger partial charge in [-0.3, -0.25) is 4.79 Å². The molecule has 0 saturated heterocycles. The van der Waals surface area contributed by atoms with Gasteiger partial charge in [0.05, 0.1) is 18.9 Å². The third kappa shape index (κ3) is 7.21. The fourth-order valence-corrected chi connectivity index (χ4v) is 5.62. The summed E-state index contributed by atoms with van der Waals surface area (Å²) in [6, 6.07) is 28.4. The molecular formula is C28H21ClI2N2O3. The van der Waals surface area contributed by atoms with Gasteiger partial charge in [0.1, 0.15) is 24.7 Å². The van der Waals surface area contributed by atoms with E-state index < -0.39 is 0 Å². The second-order valence-electron chi connectivity index (χ2n) is 7.66. The van der Waals surface area contributed by atoms with Crippen LogP contribution in [-0.4, -0.2) is 12.1 Å². The number of carbonyl (C=O) groups excluding carboxylic acids is 1. The van der Waals surface area contributed by atoms with Crippen LogP contribution in [0.1, 0.15) is 27.0 Å². The smallest absolute Gasteiger partial charge is 0.275 e. The lowest BCUT2D eigenvalue weighted by molar-refractivity contribution is 0.0950. The highest BCUT2D eigenvalue weighted by molar-refractivity contribution is 14.1. The average molecular weight is 723 g/mol. The molecule has 4 aromatic rings. The molecule has 0 aliphatic rings. The Morgan fingerprint density at radius 1 is 0.861 bits per heavy atom. The molecule has 4 aromatic carbocycles. The van der Waals surface area contributed by atoms with Crippen LogP contribution in [0.2, 0.25) is 5.02 Å². The summed E-state index contributed by atoms with van der Waals surface area (Å²) in [7, 11) is 0. The third-order valence-corrected chi connectivity index (χ3v) is 7.07. The van der Waals surface area contributed by atoms with E-state index in [1.54, 1.807) is 30.5 Å². The van der Waals surface area contributed by atoms with Crippen LogP contribution in [0.4, 0.5) is 0 Å². The molecule has 0 spiro atoms. The Balaban J connectivity index is 1.39. The minimum Gasteiger partial charge on any atom is -0.488 e. The molecule has 0 aliphatic heterocycles. The van der Waals surface area contributed by atoms with E-state index in [2.05, 4.69) is 55.7 Å². The molecule has 0 radical (unpaired) electrons. The van der Waals surface area contributed by atoms with Gasteiger partial charge in [0.15, 0.2) is 0 Å². The predicted octanol–water partition coefficient (Wildman–Crippen LogP) is 7.47. The van der Waals surface area contributed by atoms with Crippen molar-refractivity contribution in [2.45, 2.75) is 13.2 Å². The molecule has 5 nitrogen and oxygen atoms in total. The first-order valence-electron chi connectivity index (χ1n) is 11.0. The maximum absolute atomic E-state index is 12.8. The van der Waals surface area contributed by atoms with Gasteiger partial charge in [-0.25, -0.2) is 5.43 Å². The van der Waals surface area contributed by atoms with Gasteiger partial charge in [-0.05, 0) is 86.6 Å². The van der Waals surface area contributed by atoms with Crippen molar-refractivity contribution in [3.63, 3.8) is 0 Å². The lowest BCUT2D eigenvalue weighted by Gasteiger charge is -2.12. The number of ether oxygens (including phenoxy) is 2. The van der Waals surface area contributed by atoms with Crippen LogP contribution in [0.25, 0.3) is 0 Å². The summed E-state index contributed by atoms with van der Waals surface area (Å²) in [6.07, 6.45) is 1.61. The summed E-state index contributed by atoms with van der Waals surface area (Å²) in [5, 5.41) is 4.76. The molecule has 0 heterocycles. The summed E-state index contributed by atoms with van der Waals surface area (Å²) in [4.78, 5) is 12.8. The van der Waals surface area contributed by atoms with E-state index >= 15 is 0 Å². The number of hydrogen-bond acceptors (Lipinski definition) is 4. The summed E-state index contributed by atoms with van der Waals surface area (Å²) in [5.74, 6) is 0.910. The van der Waals surface area contributed by atoms with Crippen LogP contribution in [0, 0.1) is 7.14 Å². The molecule has 0 aromatic heterocycles. The second-order valence-corrected chi connectivity index (χ2v) is 10.4. The topological polar surface area (TPSA) is 59.9 Å². The zero-order valence-corrected chi connectivity index (χ0v) is 24.0. The SMILES string of the molecule is O=C(N/N=C/c1cc(I)c(OCc2ccccc2)c(I)c1)c1ccccc1OCc1ccccc1Cl. The van der Waals surface area contributed by atoms with Gasteiger partial charge >= 0.3 is 0 Å². The molecule has 1 amide bonds. The van der Waals surface area contributed by atoms with E-state index in [0.29, 0.717) is 22.9 Å². The molecule has 1 N–H and O–H groups in total. The number of para-hydroxylation sites is 1. The molecule has 4 rings (SSSR count). The van der Waals surface area contributed by atoms with E-state index in [9.17, 15) is 4.79 Å². The van der Waals surface area contributed by atoms with E-state index in [1.807, 2.05) is 66.7 Å². The lowest BCUT2D eigenvalue weighted by atomic mass is 10.2. The fraction of sp³-hybridized carbons (Fsp3) is 0.0714. The first-order valence-corrected chi connectivity index (χ1v) is 13.5. The Morgan fingerprint density at radius 3 is 2.28 bits per heavy atom.